The topological polar surface area (TPSA) is 82.5 Å². The number of carboxylic acids is 1. The lowest BCUT2D eigenvalue weighted by Crippen LogP contribution is -2.42. The lowest BCUT2D eigenvalue weighted by Gasteiger charge is -2.30. The molecule has 3 rings (SSSR count). The molecule has 2 aromatic rings. The lowest BCUT2D eigenvalue weighted by molar-refractivity contribution is -0.137. The number of nitrogens with zero attached hydrogens (tertiary/aromatic N) is 2. The van der Waals surface area contributed by atoms with E-state index in [0.29, 0.717) is 19.6 Å². The summed E-state index contributed by atoms with van der Waals surface area (Å²) in [6, 6.07) is 8.12. The number of aryl methyl sites for hydroxylation is 2. The van der Waals surface area contributed by atoms with Crippen molar-refractivity contribution in [2.75, 3.05) is 13.1 Å². The van der Waals surface area contributed by atoms with Crippen LogP contribution in [0.3, 0.4) is 0 Å². The average molecular weight is 381 g/mol. The smallest absolute Gasteiger partial charge is 0.317 e. The molecule has 1 aliphatic heterocycles. The largest absolute Gasteiger partial charge is 0.481 e. The molecule has 1 aromatic heterocycles. The van der Waals surface area contributed by atoms with Gasteiger partial charge in [-0.1, -0.05) is 24.3 Å². The third kappa shape index (κ3) is 4.32. The molecule has 0 bridgehead atoms. The van der Waals surface area contributed by atoms with E-state index >= 15 is 0 Å². The first-order valence-corrected chi connectivity index (χ1v) is 9.68. The molecular formula is C22H27N3O3. The Hall–Kier alpha value is -2.89. The molecule has 2 amide bonds. The van der Waals surface area contributed by atoms with Crippen LogP contribution < -0.4 is 5.32 Å². The van der Waals surface area contributed by atoms with Crippen molar-refractivity contribution >= 4 is 12.0 Å². The highest BCUT2D eigenvalue weighted by Crippen LogP contribution is 2.31. The number of urea groups is 1. The molecular weight excluding hydrogens is 354 g/mol. The van der Waals surface area contributed by atoms with Crippen molar-refractivity contribution < 1.29 is 14.7 Å². The summed E-state index contributed by atoms with van der Waals surface area (Å²) < 4.78 is 0. The van der Waals surface area contributed by atoms with Crippen LogP contribution in [0.4, 0.5) is 4.79 Å². The van der Waals surface area contributed by atoms with Crippen molar-refractivity contribution in [1.82, 2.24) is 15.2 Å². The zero-order chi connectivity index (χ0) is 20.3. The minimum atomic E-state index is -0.843. The highest BCUT2D eigenvalue weighted by Gasteiger charge is 2.24. The molecule has 0 saturated heterocycles. The third-order valence-corrected chi connectivity index (χ3v) is 5.40. The Morgan fingerprint density at radius 2 is 2.00 bits per heavy atom. The zero-order valence-corrected chi connectivity index (χ0v) is 16.7. The number of pyridine rings is 1. The van der Waals surface area contributed by atoms with Crippen molar-refractivity contribution in [2.24, 2.45) is 0 Å². The van der Waals surface area contributed by atoms with Crippen LogP contribution in [0.25, 0.3) is 0 Å². The van der Waals surface area contributed by atoms with E-state index in [9.17, 15) is 14.7 Å². The van der Waals surface area contributed by atoms with Gasteiger partial charge in [0.25, 0.3) is 0 Å². The molecule has 28 heavy (non-hydrogen) atoms. The SMILES string of the molecule is CCNC(=O)N1CCc2ccc(C(CC(=O)O)c3cnc(C)c(C)c3)cc2C1. The Morgan fingerprint density at radius 1 is 1.21 bits per heavy atom. The van der Waals surface area contributed by atoms with Gasteiger partial charge in [0.05, 0.1) is 6.42 Å². The summed E-state index contributed by atoms with van der Waals surface area (Å²) in [7, 11) is 0. The maximum atomic E-state index is 12.2. The highest BCUT2D eigenvalue weighted by atomic mass is 16.4. The number of amides is 2. The van der Waals surface area contributed by atoms with E-state index in [2.05, 4.69) is 22.4 Å². The molecule has 0 radical (unpaired) electrons. The predicted octanol–water partition coefficient (Wildman–Crippen LogP) is 3.39. The monoisotopic (exact) mass is 381 g/mol. The van der Waals surface area contributed by atoms with Gasteiger partial charge in [-0.05, 0) is 55.0 Å². The van der Waals surface area contributed by atoms with Crippen LogP contribution in [0.2, 0.25) is 0 Å². The number of carbonyl (C=O) groups is 2. The van der Waals surface area contributed by atoms with Gasteiger partial charge in [0.2, 0.25) is 0 Å². The van der Waals surface area contributed by atoms with Gasteiger partial charge in [-0.3, -0.25) is 9.78 Å². The van der Waals surface area contributed by atoms with Gasteiger partial charge < -0.3 is 15.3 Å². The number of aliphatic carboxylic acids is 1. The van der Waals surface area contributed by atoms with E-state index in [0.717, 1.165) is 34.4 Å². The number of fused-ring (bicyclic) bond motifs is 1. The molecule has 1 unspecified atom stereocenters. The molecule has 1 aliphatic rings. The van der Waals surface area contributed by atoms with Crippen molar-refractivity contribution in [1.29, 1.82) is 0 Å². The van der Waals surface area contributed by atoms with Crippen LogP contribution in [0.1, 0.15) is 52.8 Å². The van der Waals surface area contributed by atoms with Crippen molar-refractivity contribution in [2.45, 2.75) is 46.1 Å². The molecule has 0 saturated carbocycles. The fraction of sp³-hybridized carbons (Fsp3) is 0.409. The van der Waals surface area contributed by atoms with Gasteiger partial charge in [-0.25, -0.2) is 4.79 Å². The summed E-state index contributed by atoms with van der Waals surface area (Å²) in [4.78, 5) is 29.9. The van der Waals surface area contributed by atoms with Crippen LogP contribution in [0.15, 0.2) is 30.5 Å². The van der Waals surface area contributed by atoms with Gasteiger partial charge in [0.15, 0.2) is 0 Å². The molecule has 0 aliphatic carbocycles. The Labute approximate surface area is 165 Å². The molecule has 6 nitrogen and oxygen atoms in total. The van der Waals surface area contributed by atoms with E-state index < -0.39 is 5.97 Å². The standard InChI is InChI=1S/C22H27N3O3/c1-4-23-22(28)25-8-7-16-5-6-17(10-19(16)13-25)20(11-21(26)27)18-9-14(2)15(3)24-12-18/h5-6,9-10,12,20H,4,7-8,11,13H2,1-3H3,(H,23,28)(H,26,27). The second-order valence-electron chi connectivity index (χ2n) is 7.36. The summed E-state index contributed by atoms with van der Waals surface area (Å²) in [5.41, 5.74) is 6.15. The minimum Gasteiger partial charge on any atom is -0.481 e. The van der Waals surface area contributed by atoms with Gasteiger partial charge in [0.1, 0.15) is 0 Å². The van der Waals surface area contributed by atoms with Crippen molar-refractivity contribution in [3.05, 3.63) is 64.0 Å². The fourth-order valence-corrected chi connectivity index (χ4v) is 3.69. The molecule has 0 spiro atoms. The number of hydrogen-bond acceptors (Lipinski definition) is 3. The summed E-state index contributed by atoms with van der Waals surface area (Å²) in [5, 5.41) is 12.3. The fourth-order valence-electron chi connectivity index (χ4n) is 3.69. The number of carbonyl (C=O) groups excluding carboxylic acids is 1. The van der Waals surface area contributed by atoms with Crippen molar-refractivity contribution in [3.63, 3.8) is 0 Å². The maximum Gasteiger partial charge on any atom is 0.317 e. The first-order chi connectivity index (χ1) is 13.4. The Bertz CT molecular complexity index is 895. The van der Waals surface area contributed by atoms with Gasteiger partial charge in [-0.15, -0.1) is 0 Å². The van der Waals surface area contributed by atoms with Crippen LogP contribution in [0, 0.1) is 13.8 Å². The van der Waals surface area contributed by atoms with E-state index in [1.165, 1.54) is 5.56 Å². The first-order valence-electron chi connectivity index (χ1n) is 9.68. The first kappa shape index (κ1) is 19.9. The van der Waals surface area contributed by atoms with Gasteiger partial charge >= 0.3 is 12.0 Å². The Balaban J connectivity index is 1.93. The molecule has 6 heteroatoms. The minimum absolute atomic E-state index is 0.00298. The summed E-state index contributed by atoms with van der Waals surface area (Å²) in [5.74, 6) is -1.11. The molecule has 0 fully saturated rings. The maximum absolute atomic E-state index is 12.2. The molecule has 2 heterocycles. The predicted molar refractivity (Wildman–Crippen MR) is 107 cm³/mol. The molecule has 1 aromatic carbocycles. The number of nitrogens with one attached hydrogen (secondary N) is 1. The van der Waals surface area contributed by atoms with Crippen LogP contribution in [0.5, 0.6) is 0 Å². The number of hydrogen-bond donors (Lipinski definition) is 2. The highest BCUT2D eigenvalue weighted by molar-refractivity contribution is 5.74. The third-order valence-electron chi connectivity index (χ3n) is 5.40. The average Bonchev–Trinajstić information content (AvgIpc) is 2.67. The second kappa shape index (κ2) is 8.42. The van der Waals surface area contributed by atoms with Crippen molar-refractivity contribution in [3.8, 4) is 0 Å². The van der Waals surface area contributed by atoms with E-state index in [1.54, 1.807) is 11.1 Å². The van der Waals surface area contributed by atoms with Crippen LogP contribution >= 0.6 is 0 Å². The number of benzene rings is 1. The van der Waals surface area contributed by atoms with Crippen LogP contribution in [-0.2, 0) is 17.8 Å². The van der Waals surface area contributed by atoms with Gasteiger partial charge in [0, 0.05) is 37.4 Å². The normalized spacial score (nSPS) is 14.3. The number of carboxylic acid groups (broad SMARTS) is 1. The Morgan fingerprint density at radius 3 is 2.68 bits per heavy atom. The number of rotatable bonds is 5. The van der Waals surface area contributed by atoms with Crippen LogP contribution in [-0.4, -0.2) is 40.1 Å². The molecule has 1 atom stereocenters. The Kier molecular flexibility index (Phi) is 5.97. The molecule has 2 N–H and O–H groups in total. The lowest BCUT2D eigenvalue weighted by atomic mass is 9.86. The van der Waals surface area contributed by atoms with E-state index in [1.807, 2.05) is 32.9 Å². The van der Waals surface area contributed by atoms with Gasteiger partial charge in [-0.2, -0.15) is 0 Å². The van der Waals surface area contributed by atoms with E-state index in [-0.39, 0.29) is 18.4 Å². The molecule has 148 valence electrons. The quantitative estimate of drug-likeness (QED) is 0.832. The summed E-state index contributed by atoms with van der Waals surface area (Å²) in [6.45, 7) is 7.67. The summed E-state index contributed by atoms with van der Waals surface area (Å²) in [6.07, 6.45) is 2.58. The number of aromatic nitrogens is 1. The van der Waals surface area contributed by atoms with E-state index in [4.69, 9.17) is 0 Å². The zero-order valence-electron chi connectivity index (χ0n) is 16.7. The second-order valence-corrected chi connectivity index (χ2v) is 7.36. The summed E-state index contributed by atoms with van der Waals surface area (Å²) >= 11 is 0.